The summed E-state index contributed by atoms with van der Waals surface area (Å²) in [7, 11) is 0. The largest absolute Gasteiger partial charge is 0.459 e. The first-order valence-corrected chi connectivity index (χ1v) is 14.9. The molecule has 2 aromatic heterocycles. The van der Waals surface area contributed by atoms with Crippen LogP contribution >= 0.6 is 47.0 Å². The number of pyridine rings is 1. The van der Waals surface area contributed by atoms with Crippen molar-refractivity contribution < 1.29 is 4.42 Å². The van der Waals surface area contributed by atoms with Gasteiger partial charge in [-0.25, -0.2) is 0 Å². The van der Waals surface area contributed by atoms with E-state index < -0.39 is 0 Å². The minimum Gasteiger partial charge on any atom is -0.459 e. The highest BCUT2D eigenvalue weighted by Gasteiger charge is 2.43. The number of halogens is 3. The molecule has 0 bridgehead atoms. The molecule has 2 saturated heterocycles. The van der Waals surface area contributed by atoms with Gasteiger partial charge in [0.2, 0.25) is 0 Å². The molecule has 0 unspecified atom stereocenters. The monoisotopic (exact) mass is 610 g/mol. The van der Waals surface area contributed by atoms with Crippen LogP contribution in [0, 0.1) is 11.8 Å². The number of aromatic nitrogens is 1. The average Bonchev–Trinajstić information content (AvgIpc) is 3.53. The molecule has 9 heteroatoms. The number of nitrogens with zero attached hydrogens (tertiary/aromatic N) is 3. The molecule has 2 aromatic carbocycles. The van der Waals surface area contributed by atoms with Gasteiger partial charge in [0.15, 0.2) is 5.11 Å². The molecule has 0 aliphatic carbocycles. The Hall–Kier alpha value is -2.77. The average molecular weight is 612 g/mol. The van der Waals surface area contributed by atoms with Crippen molar-refractivity contribution in [1.82, 2.24) is 10.3 Å². The van der Waals surface area contributed by atoms with Crippen LogP contribution in [0.2, 0.25) is 15.1 Å². The molecule has 40 heavy (non-hydrogen) atoms. The van der Waals surface area contributed by atoms with Crippen LogP contribution in [0.4, 0.5) is 11.4 Å². The van der Waals surface area contributed by atoms with Gasteiger partial charge in [-0.15, -0.1) is 0 Å². The molecule has 4 atom stereocenters. The van der Waals surface area contributed by atoms with Gasteiger partial charge in [0.25, 0.3) is 0 Å². The number of thiocarbonyl (C=S) groups is 1. The topological polar surface area (TPSA) is 44.5 Å². The molecule has 2 fully saturated rings. The van der Waals surface area contributed by atoms with E-state index >= 15 is 0 Å². The van der Waals surface area contributed by atoms with E-state index in [0.717, 1.165) is 41.5 Å². The summed E-state index contributed by atoms with van der Waals surface area (Å²) in [4.78, 5) is 9.10. The Bertz CT molecular complexity index is 1530. The van der Waals surface area contributed by atoms with E-state index in [1.165, 1.54) is 6.42 Å². The Morgan fingerprint density at radius 2 is 1.73 bits per heavy atom. The SMILES string of the molecule is C[C@@H]1C[C@@H](C)CN(c2ccc(N3C(=S)N[C@@H](c4ccccn4)[C@@H]3c3ccc(-c4ccc(Cl)cc4Cl)o3)cc2Cl)C1. The fourth-order valence-electron chi connectivity index (χ4n) is 6.03. The minimum absolute atomic E-state index is 0.240. The van der Waals surface area contributed by atoms with Crippen molar-refractivity contribution in [2.75, 3.05) is 22.9 Å². The Morgan fingerprint density at radius 3 is 2.42 bits per heavy atom. The lowest BCUT2D eigenvalue weighted by Crippen LogP contribution is -2.38. The first-order chi connectivity index (χ1) is 19.3. The predicted molar refractivity (Wildman–Crippen MR) is 169 cm³/mol. The summed E-state index contributed by atoms with van der Waals surface area (Å²) in [6.45, 7) is 6.60. The number of nitrogens with one attached hydrogen (secondary N) is 1. The van der Waals surface area contributed by atoms with E-state index in [2.05, 4.69) is 46.1 Å². The van der Waals surface area contributed by atoms with Crippen LogP contribution in [0.25, 0.3) is 11.3 Å². The molecule has 0 spiro atoms. The van der Waals surface area contributed by atoms with Crippen LogP contribution in [0.3, 0.4) is 0 Å². The fraction of sp³-hybridized carbons (Fsp3) is 0.290. The highest BCUT2D eigenvalue weighted by molar-refractivity contribution is 7.80. The van der Waals surface area contributed by atoms with E-state index in [4.69, 9.17) is 51.4 Å². The second-order valence-electron chi connectivity index (χ2n) is 10.8. The maximum Gasteiger partial charge on any atom is 0.174 e. The number of hydrogen-bond acceptors (Lipinski definition) is 4. The predicted octanol–water partition coefficient (Wildman–Crippen LogP) is 8.96. The summed E-state index contributed by atoms with van der Waals surface area (Å²) in [6, 6.07) is 20.8. The van der Waals surface area contributed by atoms with Gasteiger partial charge in [-0.05, 0) is 91.1 Å². The maximum absolute atomic E-state index is 6.95. The maximum atomic E-state index is 6.95. The number of hydrogen-bond donors (Lipinski definition) is 1. The van der Waals surface area contributed by atoms with Gasteiger partial charge < -0.3 is 19.5 Å². The molecule has 0 radical (unpaired) electrons. The Labute approximate surface area is 255 Å². The molecule has 4 heterocycles. The second kappa shape index (κ2) is 11.2. The summed E-state index contributed by atoms with van der Waals surface area (Å²) >= 11 is 25.5. The molecule has 6 rings (SSSR count). The smallest absolute Gasteiger partial charge is 0.174 e. The second-order valence-corrected chi connectivity index (χ2v) is 12.4. The lowest BCUT2D eigenvalue weighted by atomic mass is 9.91. The normalized spacial score (nSPS) is 23.0. The zero-order chi connectivity index (χ0) is 28.0. The number of furan rings is 1. The quantitative estimate of drug-likeness (QED) is 0.227. The summed E-state index contributed by atoms with van der Waals surface area (Å²) in [5, 5.41) is 5.86. The first-order valence-electron chi connectivity index (χ1n) is 13.4. The van der Waals surface area contributed by atoms with Crippen LogP contribution in [0.15, 0.2) is 77.3 Å². The van der Waals surface area contributed by atoms with Gasteiger partial charge in [-0.2, -0.15) is 0 Å². The van der Waals surface area contributed by atoms with Gasteiger partial charge in [-0.1, -0.05) is 54.7 Å². The van der Waals surface area contributed by atoms with Crippen LogP contribution in [0.1, 0.15) is 43.8 Å². The Morgan fingerprint density at radius 1 is 0.925 bits per heavy atom. The van der Waals surface area contributed by atoms with Crippen LogP contribution in [-0.2, 0) is 0 Å². The zero-order valence-corrected chi connectivity index (χ0v) is 25.2. The third kappa shape index (κ3) is 5.30. The first kappa shape index (κ1) is 27.4. The molecule has 206 valence electrons. The van der Waals surface area contributed by atoms with Crippen molar-refractivity contribution in [3.8, 4) is 11.3 Å². The van der Waals surface area contributed by atoms with Crippen LogP contribution in [0.5, 0.6) is 0 Å². The van der Waals surface area contributed by atoms with Crippen molar-refractivity contribution in [2.45, 2.75) is 32.4 Å². The van der Waals surface area contributed by atoms with Crippen molar-refractivity contribution >= 4 is 63.5 Å². The number of piperidine rings is 1. The van der Waals surface area contributed by atoms with Crippen LogP contribution < -0.4 is 15.1 Å². The summed E-state index contributed by atoms with van der Waals surface area (Å²) in [6.07, 6.45) is 3.02. The molecule has 4 aromatic rings. The fourth-order valence-corrected chi connectivity index (χ4v) is 7.17. The minimum atomic E-state index is -0.306. The lowest BCUT2D eigenvalue weighted by Gasteiger charge is -2.37. The molecular formula is C31H29Cl3N4OS. The van der Waals surface area contributed by atoms with E-state index in [1.54, 1.807) is 18.3 Å². The summed E-state index contributed by atoms with van der Waals surface area (Å²) < 4.78 is 6.46. The third-order valence-corrected chi connectivity index (χ3v) is 8.80. The zero-order valence-electron chi connectivity index (χ0n) is 22.2. The molecule has 0 saturated carbocycles. The van der Waals surface area contributed by atoms with Gasteiger partial charge in [0.1, 0.15) is 17.6 Å². The van der Waals surface area contributed by atoms with Gasteiger partial charge in [0, 0.05) is 35.6 Å². The van der Waals surface area contributed by atoms with Crippen LogP contribution in [-0.4, -0.2) is 23.2 Å². The van der Waals surface area contributed by atoms with E-state index in [0.29, 0.717) is 37.8 Å². The number of benzene rings is 2. The van der Waals surface area contributed by atoms with Crippen molar-refractivity contribution in [3.63, 3.8) is 0 Å². The number of rotatable bonds is 5. The van der Waals surface area contributed by atoms with Crippen molar-refractivity contribution in [2.24, 2.45) is 11.8 Å². The standard InChI is InChI=1S/C31H29Cl3N4OS/c1-18-13-19(2)17-37(16-18)26-9-7-21(15-24(26)34)38-30(29(36-31(38)40)25-5-3-4-12-35-25)28-11-10-27(39-28)22-8-6-20(32)14-23(22)33/h3-12,14-15,18-19,29-30H,13,16-17H2,1-2H3,(H,36,40)/t18-,19-,29+,30+/m1/s1. The van der Waals surface area contributed by atoms with Gasteiger partial charge >= 0.3 is 0 Å². The molecule has 2 aliphatic rings. The van der Waals surface area contributed by atoms with E-state index in [1.807, 2.05) is 42.5 Å². The molecule has 1 N–H and O–H groups in total. The van der Waals surface area contributed by atoms with E-state index in [9.17, 15) is 0 Å². The van der Waals surface area contributed by atoms with Gasteiger partial charge in [-0.3, -0.25) is 4.98 Å². The number of anilines is 2. The molecule has 5 nitrogen and oxygen atoms in total. The highest BCUT2D eigenvalue weighted by atomic mass is 35.5. The lowest BCUT2D eigenvalue weighted by molar-refractivity contribution is 0.357. The molecular weight excluding hydrogens is 583 g/mol. The van der Waals surface area contributed by atoms with E-state index in [-0.39, 0.29) is 12.1 Å². The summed E-state index contributed by atoms with van der Waals surface area (Å²) in [5.74, 6) is 2.63. The Kier molecular flexibility index (Phi) is 7.71. The van der Waals surface area contributed by atoms with Gasteiger partial charge in [0.05, 0.1) is 27.5 Å². The van der Waals surface area contributed by atoms with Crippen molar-refractivity contribution in [1.29, 1.82) is 0 Å². The third-order valence-electron chi connectivity index (χ3n) is 7.63. The van der Waals surface area contributed by atoms with Crippen molar-refractivity contribution in [3.05, 3.63) is 99.4 Å². The molecule has 2 aliphatic heterocycles. The molecule has 0 amide bonds. The Balaban J connectivity index is 1.39. The highest BCUT2D eigenvalue weighted by Crippen LogP contribution is 2.45. The summed E-state index contributed by atoms with van der Waals surface area (Å²) in [5.41, 5.74) is 3.57.